The summed E-state index contributed by atoms with van der Waals surface area (Å²) in [4.78, 5) is 0. The highest BCUT2D eigenvalue weighted by Gasteiger charge is 2.41. The van der Waals surface area contributed by atoms with Crippen LogP contribution >= 0.6 is 0 Å². The van der Waals surface area contributed by atoms with E-state index in [9.17, 15) is 5.26 Å². The van der Waals surface area contributed by atoms with Crippen molar-refractivity contribution in [1.82, 2.24) is 20.0 Å². The summed E-state index contributed by atoms with van der Waals surface area (Å²) >= 11 is 0. The van der Waals surface area contributed by atoms with E-state index in [-0.39, 0.29) is 11.8 Å². The number of hydrogen-bond donors (Lipinski definition) is 2. The van der Waals surface area contributed by atoms with Crippen molar-refractivity contribution in [2.75, 3.05) is 0 Å². The van der Waals surface area contributed by atoms with Crippen LogP contribution in [0.4, 0.5) is 0 Å². The zero-order valence-electron chi connectivity index (χ0n) is 12.1. The summed E-state index contributed by atoms with van der Waals surface area (Å²) in [5, 5.41) is 28.8. The average molecular weight is 284 g/mol. The molecule has 1 aliphatic rings. The summed E-state index contributed by atoms with van der Waals surface area (Å²) in [5.41, 5.74) is 3.65. The van der Waals surface area contributed by atoms with E-state index in [0.29, 0.717) is 5.88 Å². The zero-order valence-corrected chi connectivity index (χ0v) is 12.1. The molecule has 0 aromatic carbocycles. The lowest BCUT2D eigenvalue weighted by Crippen LogP contribution is -2.31. The van der Waals surface area contributed by atoms with Crippen LogP contribution in [0.3, 0.4) is 0 Å². The van der Waals surface area contributed by atoms with Crippen LogP contribution in [-0.4, -0.2) is 25.9 Å². The third-order valence-electron chi connectivity index (χ3n) is 4.01. The highest BCUT2D eigenvalue weighted by atomic mass is 16.5. The fourth-order valence-corrected chi connectivity index (χ4v) is 2.90. The van der Waals surface area contributed by atoms with E-state index in [1.807, 2.05) is 25.5 Å². The van der Waals surface area contributed by atoms with Crippen molar-refractivity contribution < 1.29 is 4.74 Å². The molecule has 0 radical (unpaired) electrons. The molecule has 0 saturated heterocycles. The monoisotopic (exact) mass is 284 g/mol. The maximum Gasteiger partial charge on any atom is 0.243 e. The number of aromatic nitrogens is 4. The van der Waals surface area contributed by atoms with E-state index in [1.165, 1.54) is 0 Å². The van der Waals surface area contributed by atoms with E-state index < -0.39 is 5.92 Å². The molecule has 2 aromatic heterocycles. The largest absolute Gasteiger partial charge is 0.422 e. The normalized spacial score (nSPS) is 20.8. The highest BCUT2D eigenvalue weighted by Crippen LogP contribution is 2.43. The van der Waals surface area contributed by atoms with Gasteiger partial charge < -0.3 is 4.74 Å². The Labute approximate surface area is 122 Å². The number of hydrogen-bond acceptors (Lipinski definition) is 5. The zero-order chi connectivity index (χ0) is 15.1. The van der Waals surface area contributed by atoms with Gasteiger partial charge >= 0.3 is 0 Å². The Kier molecular flexibility index (Phi) is 3.01. The summed E-state index contributed by atoms with van der Waals surface area (Å²) < 4.78 is 7.26. The molecule has 3 rings (SSSR count). The van der Waals surface area contributed by atoms with Crippen molar-refractivity contribution in [1.29, 1.82) is 10.7 Å². The van der Waals surface area contributed by atoms with Crippen molar-refractivity contribution in [3.63, 3.8) is 0 Å². The number of H-pyrrole nitrogens is 1. The first-order valence-corrected chi connectivity index (χ1v) is 6.81. The summed E-state index contributed by atoms with van der Waals surface area (Å²) in [6, 6.07) is 2.19. The van der Waals surface area contributed by atoms with E-state index in [0.717, 1.165) is 29.1 Å². The summed E-state index contributed by atoms with van der Waals surface area (Å²) in [5.74, 6) is -0.616. The van der Waals surface area contributed by atoms with Gasteiger partial charge in [0, 0.05) is 35.0 Å². The van der Waals surface area contributed by atoms with Gasteiger partial charge in [-0.05, 0) is 20.8 Å². The number of nitrogens with zero attached hydrogens (tertiary/aromatic N) is 4. The lowest BCUT2D eigenvalue weighted by Gasteiger charge is -2.27. The van der Waals surface area contributed by atoms with Crippen molar-refractivity contribution in [2.24, 2.45) is 5.92 Å². The summed E-state index contributed by atoms with van der Waals surface area (Å²) in [6.45, 7) is 6.66. The predicted octanol–water partition coefficient (Wildman–Crippen LogP) is 1.88. The fourth-order valence-electron chi connectivity index (χ4n) is 2.90. The van der Waals surface area contributed by atoms with Gasteiger partial charge in [0.1, 0.15) is 5.92 Å². The van der Waals surface area contributed by atoms with Gasteiger partial charge in [-0.15, -0.1) is 5.10 Å². The number of fused-ring (bicyclic) bond motifs is 1. The number of rotatable bonds is 2. The van der Waals surface area contributed by atoms with Crippen molar-refractivity contribution in [3.8, 4) is 11.9 Å². The van der Waals surface area contributed by atoms with Gasteiger partial charge in [0.2, 0.25) is 11.8 Å². The van der Waals surface area contributed by atoms with Crippen LogP contribution in [0.1, 0.15) is 35.4 Å². The Morgan fingerprint density at radius 2 is 2.29 bits per heavy atom. The number of nitriles is 1. The van der Waals surface area contributed by atoms with Crippen LogP contribution in [0, 0.1) is 36.5 Å². The third-order valence-corrected chi connectivity index (χ3v) is 4.01. The van der Waals surface area contributed by atoms with Crippen LogP contribution in [0.15, 0.2) is 6.20 Å². The molecule has 0 aliphatic carbocycles. The van der Waals surface area contributed by atoms with E-state index in [4.69, 9.17) is 10.1 Å². The van der Waals surface area contributed by atoms with Gasteiger partial charge in [-0.1, -0.05) is 0 Å². The van der Waals surface area contributed by atoms with Crippen LogP contribution in [0.5, 0.6) is 5.88 Å². The molecule has 0 amide bonds. The lowest BCUT2D eigenvalue weighted by molar-refractivity contribution is 0.436. The SMILES string of the molecule is CCn1ncc(C2c3c(n[nH]c3C)OC(=N)C2C#N)c1C. The van der Waals surface area contributed by atoms with Gasteiger partial charge in [-0.2, -0.15) is 10.4 Å². The average Bonchev–Trinajstić information content (AvgIpc) is 3.01. The quantitative estimate of drug-likeness (QED) is 0.878. The minimum Gasteiger partial charge on any atom is -0.422 e. The second-order valence-corrected chi connectivity index (χ2v) is 5.12. The van der Waals surface area contributed by atoms with E-state index in [1.54, 1.807) is 6.20 Å². The molecule has 1 aliphatic heterocycles. The van der Waals surface area contributed by atoms with Gasteiger partial charge in [-0.3, -0.25) is 15.2 Å². The number of aryl methyl sites for hydroxylation is 2. The Morgan fingerprint density at radius 1 is 1.52 bits per heavy atom. The Morgan fingerprint density at radius 3 is 2.90 bits per heavy atom. The molecule has 2 N–H and O–H groups in total. The van der Waals surface area contributed by atoms with Crippen molar-refractivity contribution in [2.45, 2.75) is 33.2 Å². The molecule has 21 heavy (non-hydrogen) atoms. The molecule has 2 unspecified atom stereocenters. The van der Waals surface area contributed by atoms with Gasteiger partial charge in [0.25, 0.3) is 0 Å². The predicted molar refractivity (Wildman–Crippen MR) is 75.3 cm³/mol. The molecule has 7 nitrogen and oxygen atoms in total. The molecular weight excluding hydrogens is 268 g/mol. The summed E-state index contributed by atoms with van der Waals surface area (Å²) in [7, 11) is 0. The number of nitrogens with one attached hydrogen (secondary N) is 2. The minimum atomic E-state index is -0.665. The van der Waals surface area contributed by atoms with Gasteiger partial charge in [-0.25, -0.2) is 0 Å². The lowest BCUT2D eigenvalue weighted by atomic mass is 9.80. The standard InChI is InChI=1S/C14H16N6O/c1-4-20-8(3)10(6-17-20)12-9(5-15)13(16)21-14-11(12)7(2)18-19-14/h6,9,12,16H,4H2,1-3H3,(H,18,19). The van der Waals surface area contributed by atoms with Crippen LogP contribution < -0.4 is 4.74 Å². The molecule has 0 spiro atoms. The molecule has 0 fully saturated rings. The molecule has 7 heteroatoms. The van der Waals surface area contributed by atoms with Crippen LogP contribution in [0.2, 0.25) is 0 Å². The van der Waals surface area contributed by atoms with E-state index >= 15 is 0 Å². The van der Waals surface area contributed by atoms with Crippen LogP contribution in [-0.2, 0) is 6.54 Å². The van der Waals surface area contributed by atoms with E-state index in [2.05, 4.69) is 21.4 Å². The molecule has 2 atom stereocenters. The van der Waals surface area contributed by atoms with Crippen molar-refractivity contribution >= 4 is 5.90 Å². The number of ether oxygens (including phenoxy) is 1. The van der Waals surface area contributed by atoms with Crippen LogP contribution in [0.25, 0.3) is 0 Å². The second-order valence-electron chi connectivity index (χ2n) is 5.12. The topological polar surface area (TPSA) is 103 Å². The first-order valence-electron chi connectivity index (χ1n) is 6.81. The Bertz CT molecular complexity index is 750. The number of aromatic amines is 1. The first kappa shape index (κ1) is 13.4. The van der Waals surface area contributed by atoms with Gasteiger partial charge in [0.05, 0.1) is 12.3 Å². The third kappa shape index (κ3) is 1.83. The molecule has 0 saturated carbocycles. The smallest absolute Gasteiger partial charge is 0.243 e. The van der Waals surface area contributed by atoms with Crippen molar-refractivity contribution in [3.05, 3.63) is 28.7 Å². The van der Waals surface area contributed by atoms with Gasteiger partial charge in [0.15, 0.2) is 0 Å². The maximum absolute atomic E-state index is 9.47. The first-order chi connectivity index (χ1) is 10.1. The molecule has 0 bridgehead atoms. The molecule has 2 aromatic rings. The minimum absolute atomic E-state index is 0.0647. The fraction of sp³-hybridized carbons (Fsp3) is 0.429. The molecule has 3 heterocycles. The Hall–Kier alpha value is -2.62. The summed E-state index contributed by atoms with van der Waals surface area (Å²) in [6.07, 6.45) is 1.78. The Balaban J connectivity index is 2.22. The molecule has 108 valence electrons. The highest BCUT2D eigenvalue weighted by molar-refractivity contribution is 5.84. The second kappa shape index (κ2) is 4.74. The maximum atomic E-state index is 9.47. The molecular formula is C14H16N6O.